The fraction of sp³-hybridized carbons (Fsp3) is 0.364. The van der Waals surface area contributed by atoms with Gasteiger partial charge in [0.05, 0.1) is 11.0 Å². The van der Waals surface area contributed by atoms with Crippen molar-refractivity contribution >= 4 is 11.0 Å². The fourth-order valence-corrected chi connectivity index (χ4v) is 1.47. The van der Waals surface area contributed by atoms with E-state index in [4.69, 9.17) is 0 Å². The summed E-state index contributed by atoms with van der Waals surface area (Å²) in [7, 11) is 2.05. The van der Waals surface area contributed by atoms with E-state index in [0.29, 0.717) is 5.92 Å². The van der Waals surface area contributed by atoms with Crippen LogP contribution in [0.5, 0.6) is 0 Å². The number of pyridine rings is 1. The van der Waals surface area contributed by atoms with Gasteiger partial charge in [0, 0.05) is 19.4 Å². The van der Waals surface area contributed by atoms with Gasteiger partial charge in [0.15, 0.2) is 0 Å². The third-order valence-corrected chi connectivity index (χ3v) is 2.42. The maximum Gasteiger partial charge on any atom is 0.0881 e. The Morgan fingerprint density at radius 3 is 2.85 bits per heavy atom. The number of fused-ring (bicyclic) bond motifs is 1. The van der Waals surface area contributed by atoms with Gasteiger partial charge in [-0.1, -0.05) is 13.8 Å². The molecule has 0 fully saturated rings. The third-order valence-electron chi connectivity index (χ3n) is 2.42. The van der Waals surface area contributed by atoms with E-state index in [2.05, 4.69) is 29.5 Å². The first-order valence-electron chi connectivity index (χ1n) is 4.59. The fourth-order valence-electron chi connectivity index (χ4n) is 1.47. The van der Waals surface area contributed by atoms with Gasteiger partial charge in [0.2, 0.25) is 0 Å². The van der Waals surface area contributed by atoms with E-state index in [-0.39, 0.29) is 0 Å². The molecule has 2 heterocycles. The Morgan fingerprint density at radius 1 is 1.38 bits per heavy atom. The average Bonchev–Trinajstić information content (AvgIpc) is 2.47. The Bertz CT molecular complexity index is 427. The van der Waals surface area contributed by atoms with Crippen LogP contribution in [0.15, 0.2) is 24.5 Å². The second-order valence-corrected chi connectivity index (χ2v) is 3.75. The van der Waals surface area contributed by atoms with Gasteiger partial charge in [-0.15, -0.1) is 0 Å². The minimum absolute atomic E-state index is 0.548. The number of hydrogen-bond acceptors (Lipinski definition) is 1. The van der Waals surface area contributed by atoms with Crippen molar-refractivity contribution in [3.05, 3.63) is 30.1 Å². The molecule has 0 spiro atoms. The number of aryl methyl sites for hydroxylation is 1. The number of hydrogen-bond donors (Lipinski definition) is 0. The van der Waals surface area contributed by atoms with Gasteiger partial charge in [-0.2, -0.15) is 0 Å². The van der Waals surface area contributed by atoms with Crippen LogP contribution < -0.4 is 0 Å². The van der Waals surface area contributed by atoms with E-state index in [0.717, 1.165) is 5.52 Å². The predicted octanol–water partition coefficient (Wildman–Crippen LogP) is 2.70. The molecule has 0 N–H and O–H groups in total. The Morgan fingerprint density at radius 2 is 2.15 bits per heavy atom. The summed E-state index contributed by atoms with van der Waals surface area (Å²) in [5, 5.41) is 0. The van der Waals surface area contributed by atoms with Crippen LogP contribution in [0.4, 0.5) is 0 Å². The Hall–Kier alpha value is -1.31. The van der Waals surface area contributed by atoms with Crippen molar-refractivity contribution in [2.75, 3.05) is 0 Å². The summed E-state index contributed by atoms with van der Waals surface area (Å²) in [6.45, 7) is 4.37. The first-order valence-corrected chi connectivity index (χ1v) is 4.59. The molecule has 0 aromatic carbocycles. The maximum absolute atomic E-state index is 4.40. The second-order valence-electron chi connectivity index (χ2n) is 3.75. The monoisotopic (exact) mass is 174 g/mol. The summed E-state index contributed by atoms with van der Waals surface area (Å²) in [5.41, 5.74) is 3.59. The summed E-state index contributed by atoms with van der Waals surface area (Å²) in [6, 6.07) is 4.26. The van der Waals surface area contributed by atoms with Crippen LogP contribution in [0.25, 0.3) is 11.0 Å². The van der Waals surface area contributed by atoms with Crippen LogP contribution >= 0.6 is 0 Å². The number of aromatic nitrogens is 2. The molecule has 2 aromatic heterocycles. The molecule has 0 atom stereocenters. The summed E-state index contributed by atoms with van der Waals surface area (Å²) in [4.78, 5) is 4.40. The van der Waals surface area contributed by atoms with Crippen LogP contribution in [0.3, 0.4) is 0 Å². The van der Waals surface area contributed by atoms with Crippen LogP contribution in [0.1, 0.15) is 25.3 Å². The van der Waals surface area contributed by atoms with Crippen LogP contribution in [0.2, 0.25) is 0 Å². The van der Waals surface area contributed by atoms with Crippen molar-refractivity contribution in [3.63, 3.8) is 0 Å². The molecule has 2 rings (SSSR count). The van der Waals surface area contributed by atoms with Gasteiger partial charge in [0.25, 0.3) is 0 Å². The highest BCUT2D eigenvalue weighted by Gasteiger charge is 2.03. The smallest absolute Gasteiger partial charge is 0.0881 e. The first kappa shape index (κ1) is 8.30. The quantitative estimate of drug-likeness (QED) is 0.650. The zero-order valence-electron chi connectivity index (χ0n) is 8.28. The zero-order valence-corrected chi connectivity index (χ0v) is 8.28. The lowest BCUT2D eigenvalue weighted by Gasteiger charge is -2.04. The van der Waals surface area contributed by atoms with Gasteiger partial charge >= 0.3 is 0 Å². The molecule has 2 aromatic rings. The van der Waals surface area contributed by atoms with Crippen molar-refractivity contribution in [1.82, 2.24) is 9.55 Å². The lowest BCUT2D eigenvalue weighted by molar-refractivity contribution is 0.858. The molecule has 68 valence electrons. The molecule has 0 aliphatic heterocycles. The first-order chi connectivity index (χ1) is 6.18. The normalized spacial score (nSPS) is 11.4. The lowest BCUT2D eigenvalue weighted by Crippen LogP contribution is -1.91. The van der Waals surface area contributed by atoms with Crippen molar-refractivity contribution in [3.8, 4) is 0 Å². The van der Waals surface area contributed by atoms with Gasteiger partial charge in [0.1, 0.15) is 0 Å². The molecule has 0 saturated carbocycles. The molecule has 0 bridgehead atoms. The van der Waals surface area contributed by atoms with E-state index >= 15 is 0 Å². The van der Waals surface area contributed by atoms with Crippen molar-refractivity contribution < 1.29 is 0 Å². The molecule has 13 heavy (non-hydrogen) atoms. The van der Waals surface area contributed by atoms with E-state index < -0.39 is 0 Å². The molecule has 2 heteroatoms. The lowest BCUT2D eigenvalue weighted by atomic mass is 10.1. The standard InChI is InChI=1S/C11H14N2/c1-8(2)9-6-11-10(12-7-9)4-5-13(11)3/h4-8H,1-3H3. The average molecular weight is 174 g/mol. The summed E-state index contributed by atoms with van der Waals surface area (Å²) >= 11 is 0. The highest BCUT2D eigenvalue weighted by molar-refractivity contribution is 5.76. The summed E-state index contributed by atoms with van der Waals surface area (Å²) < 4.78 is 2.11. The molecule has 2 nitrogen and oxygen atoms in total. The summed E-state index contributed by atoms with van der Waals surface area (Å²) in [5.74, 6) is 0.548. The van der Waals surface area contributed by atoms with Gasteiger partial charge < -0.3 is 4.57 Å². The molecule has 0 radical (unpaired) electrons. The summed E-state index contributed by atoms with van der Waals surface area (Å²) in [6.07, 6.45) is 4.01. The highest BCUT2D eigenvalue weighted by atomic mass is 14.9. The number of rotatable bonds is 1. The molecular formula is C11H14N2. The topological polar surface area (TPSA) is 17.8 Å². The van der Waals surface area contributed by atoms with E-state index in [9.17, 15) is 0 Å². The van der Waals surface area contributed by atoms with Crippen LogP contribution in [-0.4, -0.2) is 9.55 Å². The van der Waals surface area contributed by atoms with Crippen molar-refractivity contribution in [2.24, 2.45) is 7.05 Å². The molecule has 0 aliphatic rings. The molecule has 0 saturated heterocycles. The molecule has 0 amide bonds. The third kappa shape index (κ3) is 1.32. The minimum atomic E-state index is 0.548. The SMILES string of the molecule is CC(C)c1cnc2ccn(C)c2c1. The Balaban J connectivity index is 2.66. The number of nitrogens with zero attached hydrogens (tertiary/aromatic N) is 2. The van der Waals surface area contributed by atoms with Gasteiger partial charge in [-0.05, 0) is 23.6 Å². The van der Waals surface area contributed by atoms with E-state index in [1.54, 1.807) is 0 Å². The Labute approximate surface area is 78.2 Å². The molecule has 0 aliphatic carbocycles. The predicted molar refractivity (Wildman–Crippen MR) is 54.8 cm³/mol. The highest BCUT2D eigenvalue weighted by Crippen LogP contribution is 2.19. The minimum Gasteiger partial charge on any atom is -0.349 e. The largest absolute Gasteiger partial charge is 0.349 e. The van der Waals surface area contributed by atoms with Crippen LogP contribution in [0, 0.1) is 0 Å². The van der Waals surface area contributed by atoms with Gasteiger partial charge in [-0.25, -0.2) is 0 Å². The van der Waals surface area contributed by atoms with Crippen LogP contribution in [-0.2, 0) is 7.05 Å². The van der Waals surface area contributed by atoms with E-state index in [1.165, 1.54) is 11.1 Å². The zero-order chi connectivity index (χ0) is 9.42. The maximum atomic E-state index is 4.40. The van der Waals surface area contributed by atoms with Crippen molar-refractivity contribution in [1.29, 1.82) is 0 Å². The van der Waals surface area contributed by atoms with E-state index in [1.807, 2.05) is 25.5 Å². The van der Waals surface area contributed by atoms with Crippen molar-refractivity contribution in [2.45, 2.75) is 19.8 Å². The van der Waals surface area contributed by atoms with Gasteiger partial charge in [-0.3, -0.25) is 4.98 Å². The molecular weight excluding hydrogens is 160 g/mol. The second kappa shape index (κ2) is 2.87. The Kier molecular flexibility index (Phi) is 1.83. The molecule has 0 unspecified atom stereocenters.